The molecule has 3 saturated heterocycles. The van der Waals surface area contributed by atoms with E-state index in [4.69, 9.17) is 0 Å². The molecule has 3 atom stereocenters. The molecule has 0 bridgehead atoms. The van der Waals surface area contributed by atoms with Crippen molar-refractivity contribution in [2.45, 2.75) is 32.4 Å². The number of fused-ring (bicyclic) bond motifs is 3. The van der Waals surface area contributed by atoms with Crippen molar-refractivity contribution in [1.29, 1.82) is 0 Å². The van der Waals surface area contributed by atoms with Gasteiger partial charge in [-0.05, 0) is 43.5 Å². The molecule has 0 saturated carbocycles. The molecular weight excluding hydrogens is 338 g/mol. The summed E-state index contributed by atoms with van der Waals surface area (Å²) >= 11 is 0. The van der Waals surface area contributed by atoms with Gasteiger partial charge in [-0.3, -0.25) is 9.59 Å². The Labute approximate surface area is 159 Å². The monoisotopic (exact) mass is 361 g/mol. The maximum Gasteiger partial charge on any atom is 0.253 e. The van der Waals surface area contributed by atoms with Gasteiger partial charge >= 0.3 is 0 Å². The number of hydrogen-bond acceptors (Lipinski definition) is 4. The Bertz CT molecular complexity index is 923. The fraction of sp³-hybridized carbons (Fsp3) is 0.364. The van der Waals surface area contributed by atoms with Gasteiger partial charge in [0.2, 0.25) is 5.91 Å². The van der Waals surface area contributed by atoms with Gasteiger partial charge in [-0.25, -0.2) is 14.9 Å². The van der Waals surface area contributed by atoms with Gasteiger partial charge in [0.25, 0.3) is 5.91 Å². The molecule has 138 valence electrons. The van der Waals surface area contributed by atoms with Gasteiger partial charge in [0.1, 0.15) is 6.04 Å². The number of benzene rings is 2. The zero-order valence-electron chi connectivity index (χ0n) is 15.6. The van der Waals surface area contributed by atoms with Gasteiger partial charge in [0.15, 0.2) is 0 Å². The van der Waals surface area contributed by atoms with Crippen LogP contribution < -0.4 is 4.90 Å². The molecule has 3 fully saturated rings. The Balaban J connectivity index is 1.59. The van der Waals surface area contributed by atoms with Crippen molar-refractivity contribution in [3.63, 3.8) is 0 Å². The van der Waals surface area contributed by atoms with Gasteiger partial charge in [0.05, 0.1) is 17.6 Å². The zero-order chi connectivity index (χ0) is 18.7. The maximum atomic E-state index is 13.4. The number of nitrogens with zero attached hydrogens (tertiary/aromatic N) is 3. The van der Waals surface area contributed by atoms with E-state index in [1.165, 1.54) is 10.5 Å². The second-order valence-electron chi connectivity index (χ2n) is 7.86. The van der Waals surface area contributed by atoms with Crippen molar-refractivity contribution in [3.8, 4) is 0 Å². The first-order valence-corrected chi connectivity index (χ1v) is 9.60. The highest BCUT2D eigenvalue weighted by Gasteiger charge is 2.62. The molecule has 3 aliphatic rings. The Morgan fingerprint density at radius 1 is 0.815 bits per heavy atom. The Kier molecular flexibility index (Phi) is 3.71. The minimum atomic E-state index is -0.383. The van der Waals surface area contributed by atoms with E-state index in [0.717, 1.165) is 30.6 Å². The van der Waals surface area contributed by atoms with Crippen LogP contribution in [-0.2, 0) is 9.59 Å². The first-order valence-electron chi connectivity index (χ1n) is 9.60. The summed E-state index contributed by atoms with van der Waals surface area (Å²) in [5.41, 5.74) is 4.05. The Morgan fingerprint density at radius 3 is 2.22 bits per heavy atom. The molecule has 2 aromatic carbocycles. The molecule has 0 radical (unpaired) electrons. The summed E-state index contributed by atoms with van der Waals surface area (Å²) in [6.07, 6.45) is 1.03. The van der Waals surface area contributed by atoms with E-state index in [9.17, 15) is 9.59 Å². The lowest BCUT2D eigenvalue weighted by molar-refractivity contribution is -0.126. The lowest BCUT2D eigenvalue weighted by Crippen LogP contribution is -2.44. The Morgan fingerprint density at radius 2 is 1.52 bits per heavy atom. The highest BCUT2D eigenvalue weighted by molar-refractivity contribution is 6.24. The van der Waals surface area contributed by atoms with Crippen molar-refractivity contribution in [3.05, 3.63) is 65.2 Å². The lowest BCUT2D eigenvalue weighted by atomic mass is 9.89. The average Bonchev–Trinajstić information content (AvgIpc) is 3.28. The summed E-state index contributed by atoms with van der Waals surface area (Å²) in [4.78, 5) is 28.2. The summed E-state index contributed by atoms with van der Waals surface area (Å²) in [7, 11) is 0. The van der Waals surface area contributed by atoms with E-state index in [2.05, 4.69) is 41.2 Å². The molecule has 3 aliphatic heterocycles. The van der Waals surface area contributed by atoms with Crippen LogP contribution in [0.1, 0.15) is 29.2 Å². The first kappa shape index (κ1) is 16.7. The largest absolute Gasteiger partial charge is 0.274 e. The number of anilines is 1. The molecule has 5 heteroatoms. The van der Waals surface area contributed by atoms with E-state index in [-0.39, 0.29) is 29.8 Å². The summed E-state index contributed by atoms with van der Waals surface area (Å²) < 4.78 is 0. The SMILES string of the molecule is Cc1ccc([C@H]2[C@@H]3C(=O)N(c4cccc(C)c4)C(=O)[C@H]3N3CCCN23)cc1. The molecule has 0 spiro atoms. The molecular formula is C22H23N3O2. The fourth-order valence-electron chi connectivity index (χ4n) is 4.90. The molecule has 0 aromatic heterocycles. The van der Waals surface area contributed by atoms with E-state index in [1.807, 2.05) is 31.2 Å². The number of carbonyl (C=O) groups is 2. The van der Waals surface area contributed by atoms with Crippen molar-refractivity contribution >= 4 is 17.5 Å². The highest BCUT2D eigenvalue weighted by atomic mass is 16.2. The zero-order valence-corrected chi connectivity index (χ0v) is 15.6. The number of imide groups is 1. The van der Waals surface area contributed by atoms with Gasteiger partial charge < -0.3 is 0 Å². The van der Waals surface area contributed by atoms with E-state index in [0.29, 0.717) is 5.69 Å². The molecule has 27 heavy (non-hydrogen) atoms. The van der Waals surface area contributed by atoms with Crippen LogP contribution in [0.3, 0.4) is 0 Å². The summed E-state index contributed by atoms with van der Waals surface area (Å²) in [6, 6.07) is 15.6. The molecule has 0 N–H and O–H groups in total. The van der Waals surface area contributed by atoms with Crippen LogP contribution in [0.4, 0.5) is 5.69 Å². The molecule has 2 aromatic rings. The lowest BCUT2D eigenvalue weighted by Gasteiger charge is -2.29. The van der Waals surface area contributed by atoms with E-state index in [1.54, 1.807) is 0 Å². The van der Waals surface area contributed by atoms with Gasteiger partial charge in [-0.2, -0.15) is 0 Å². The van der Waals surface area contributed by atoms with Crippen LogP contribution >= 0.6 is 0 Å². The third-order valence-corrected chi connectivity index (χ3v) is 6.08. The second-order valence-corrected chi connectivity index (χ2v) is 7.86. The molecule has 2 amide bonds. The molecule has 3 heterocycles. The quantitative estimate of drug-likeness (QED) is 0.772. The number of aryl methyl sites for hydroxylation is 2. The van der Waals surface area contributed by atoms with Crippen molar-refractivity contribution < 1.29 is 9.59 Å². The summed E-state index contributed by atoms with van der Waals surface area (Å²) in [6.45, 7) is 5.78. The fourth-order valence-corrected chi connectivity index (χ4v) is 4.90. The normalized spacial score (nSPS) is 28.1. The molecule has 0 unspecified atom stereocenters. The average molecular weight is 361 g/mol. The predicted molar refractivity (Wildman–Crippen MR) is 103 cm³/mol. The van der Waals surface area contributed by atoms with Crippen molar-refractivity contribution in [2.24, 2.45) is 5.92 Å². The minimum Gasteiger partial charge on any atom is -0.274 e. The van der Waals surface area contributed by atoms with Crippen LogP contribution in [0.25, 0.3) is 0 Å². The van der Waals surface area contributed by atoms with Crippen molar-refractivity contribution in [1.82, 2.24) is 10.0 Å². The number of hydrogen-bond donors (Lipinski definition) is 0. The highest BCUT2D eigenvalue weighted by Crippen LogP contribution is 2.48. The van der Waals surface area contributed by atoms with Gasteiger partial charge in [-0.15, -0.1) is 0 Å². The maximum absolute atomic E-state index is 13.4. The third kappa shape index (κ3) is 2.38. The van der Waals surface area contributed by atoms with Crippen molar-refractivity contribution in [2.75, 3.05) is 18.0 Å². The van der Waals surface area contributed by atoms with Crippen LogP contribution in [0, 0.1) is 19.8 Å². The number of rotatable bonds is 2. The van der Waals surface area contributed by atoms with Crippen LogP contribution in [0.2, 0.25) is 0 Å². The van der Waals surface area contributed by atoms with E-state index >= 15 is 0 Å². The molecule has 0 aliphatic carbocycles. The van der Waals surface area contributed by atoms with Gasteiger partial charge in [-0.1, -0.05) is 42.0 Å². The predicted octanol–water partition coefficient (Wildman–Crippen LogP) is 2.84. The summed E-state index contributed by atoms with van der Waals surface area (Å²) in [5.74, 6) is -0.506. The Hall–Kier alpha value is -2.50. The standard InChI is InChI=1S/C22H23N3O2/c1-14-7-9-16(10-8-14)19-18-20(24-12-4-11-23(19)24)22(27)25(21(18)26)17-6-3-5-15(2)13-17/h3,5-10,13,18-20H,4,11-12H2,1-2H3/t18-,19-,20-/m0/s1. The van der Waals surface area contributed by atoms with E-state index < -0.39 is 0 Å². The number of hydrazine groups is 1. The molecule has 5 rings (SSSR count). The second kappa shape index (κ2) is 6.01. The van der Waals surface area contributed by atoms with Crippen LogP contribution in [-0.4, -0.2) is 41.0 Å². The topological polar surface area (TPSA) is 43.9 Å². The first-order chi connectivity index (χ1) is 13.1. The van der Waals surface area contributed by atoms with Crippen LogP contribution in [0.15, 0.2) is 48.5 Å². The van der Waals surface area contributed by atoms with Crippen LogP contribution in [0.5, 0.6) is 0 Å². The minimum absolute atomic E-state index is 0.0654. The molecule has 5 nitrogen and oxygen atoms in total. The summed E-state index contributed by atoms with van der Waals surface area (Å²) in [5, 5.41) is 4.40. The smallest absolute Gasteiger partial charge is 0.253 e. The third-order valence-electron chi connectivity index (χ3n) is 6.08. The number of carbonyl (C=O) groups excluding carboxylic acids is 2. The van der Waals surface area contributed by atoms with Gasteiger partial charge in [0, 0.05) is 13.1 Å². The number of amides is 2.